The van der Waals surface area contributed by atoms with E-state index in [-0.39, 0.29) is 0 Å². The average Bonchev–Trinajstić information content (AvgIpc) is 3.54. The van der Waals surface area contributed by atoms with E-state index in [0.29, 0.717) is 30.9 Å². The second kappa shape index (κ2) is 36.7. The van der Waals surface area contributed by atoms with Crippen molar-refractivity contribution in [3.05, 3.63) is 246 Å². The van der Waals surface area contributed by atoms with Crippen LogP contribution in [0.1, 0.15) is 27.8 Å². The molecule has 12 nitrogen and oxygen atoms in total. The third-order valence-electron chi connectivity index (χ3n) is 10.7. The standard InChI is InChI=1S/C32H32N6S4.C22H22N4S2.C8H4N2S2/c1-23-13-15-26(16-14-23)34-30(40)38-32(42-22-25-11-7-4-8-12-25)36-28-19-17-27(18-20-28)35-31(37-29(39)33-2)41-21-24-9-5-3-6-10-24;23-21(27-15-17-7-3-1-4-8-17)25-19-11-13-20(14-12-19)26-22(24)28-16-18-9-5-2-6-10-18;11-5-9-7-1-2-8(4-3-7)10-6-12/h3-20H,21-22H2,1-2H3,(H2,33,35,37,39)(H2,34,36,38,40);1-14H,15-16H2,(H2,23,25)(H2,24,26);1-4H. The monoisotopic (exact) mass is 1230 g/mol. The van der Waals surface area contributed by atoms with Gasteiger partial charge in [-0.25, -0.2) is 9.98 Å². The Labute approximate surface area is 518 Å². The molecule has 8 rings (SSSR count). The lowest BCUT2D eigenvalue weighted by Crippen LogP contribution is -2.18. The Hall–Kier alpha value is -7.58. The molecular formula is C62H58N12S8. The van der Waals surface area contributed by atoms with Crippen LogP contribution in [-0.2, 0) is 23.0 Å². The maximum absolute atomic E-state index is 6.03. The number of benzene rings is 8. The van der Waals surface area contributed by atoms with Gasteiger partial charge in [-0.1, -0.05) is 186 Å². The number of nitrogens with zero attached hydrogens (tertiary/aromatic N) is 6. The average molecular weight is 1230 g/mol. The normalized spacial score (nSPS) is 11.2. The summed E-state index contributed by atoms with van der Waals surface area (Å²) < 4.78 is 0. The zero-order chi connectivity index (χ0) is 58.0. The molecule has 0 radical (unpaired) electrons. The number of hydrogen-bond donors (Lipinski definition) is 6. The highest BCUT2D eigenvalue weighted by atomic mass is 32.2. The van der Waals surface area contributed by atoms with Gasteiger partial charge in [0, 0.05) is 47.1 Å². The number of nitrogens with one attached hydrogen (secondary N) is 4. The highest BCUT2D eigenvalue weighted by molar-refractivity contribution is 8.14. The molecule has 8 N–H and O–H groups in total. The van der Waals surface area contributed by atoms with Gasteiger partial charge in [0.1, 0.15) is 0 Å². The lowest BCUT2D eigenvalue weighted by atomic mass is 10.2. The van der Waals surface area contributed by atoms with Gasteiger partial charge in [0.2, 0.25) is 0 Å². The molecule has 0 aliphatic carbocycles. The summed E-state index contributed by atoms with van der Waals surface area (Å²) in [5, 5.41) is 20.8. The fraction of sp³-hybridized carbons (Fsp3) is 0.0968. The minimum Gasteiger partial charge on any atom is -0.378 e. The Morgan fingerprint density at radius 1 is 0.402 bits per heavy atom. The largest absolute Gasteiger partial charge is 0.378 e. The number of thioether (sulfide) groups is 4. The number of aryl methyl sites for hydroxylation is 1. The number of thiocarbonyl (C=S) groups is 4. The first-order chi connectivity index (χ1) is 40.0. The molecule has 0 aliphatic heterocycles. The van der Waals surface area contributed by atoms with Crippen LogP contribution in [0.4, 0.5) is 39.8 Å². The van der Waals surface area contributed by atoms with Crippen molar-refractivity contribution < 1.29 is 0 Å². The van der Waals surface area contributed by atoms with Crippen LogP contribution >= 0.6 is 95.9 Å². The molecule has 0 atom stereocenters. The summed E-state index contributed by atoms with van der Waals surface area (Å²) in [6.07, 6.45) is 0. The SMILES string of the molecule is CNC(=S)N=C(Nc1ccc(NC(=NC(=S)Nc2ccc(C)cc2)SCc2ccccc2)cc1)SCc1ccccc1.NC(=Nc1ccc(N=C(N)SCc2ccccc2)cc1)SCc1ccccc1.S=C=Nc1ccc(N=C=S)cc1. The summed E-state index contributed by atoms with van der Waals surface area (Å²) in [7, 11) is 1.77. The third kappa shape index (κ3) is 25.5. The summed E-state index contributed by atoms with van der Waals surface area (Å²) in [6, 6.07) is 71.7. The minimum absolute atomic E-state index is 0.386. The van der Waals surface area contributed by atoms with Crippen molar-refractivity contribution in [1.29, 1.82) is 0 Å². The zero-order valence-corrected chi connectivity index (χ0v) is 51.2. The second-order valence-electron chi connectivity index (χ2n) is 16.9. The molecular weight excluding hydrogens is 1170 g/mol. The highest BCUT2D eigenvalue weighted by Gasteiger charge is 2.09. The van der Waals surface area contributed by atoms with Crippen molar-refractivity contribution in [2.45, 2.75) is 29.9 Å². The van der Waals surface area contributed by atoms with Gasteiger partial charge in [-0.05, 0) is 163 Å². The van der Waals surface area contributed by atoms with Gasteiger partial charge in [-0.3, -0.25) is 0 Å². The number of isothiocyanates is 2. The van der Waals surface area contributed by atoms with Crippen molar-refractivity contribution in [2.24, 2.45) is 41.4 Å². The second-order valence-corrected chi connectivity index (χ2v) is 22.0. The molecule has 8 aromatic rings. The first kappa shape index (κ1) is 63.6. The van der Waals surface area contributed by atoms with Crippen molar-refractivity contribution in [3.8, 4) is 0 Å². The van der Waals surface area contributed by atoms with Crippen LogP contribution in [0.15, 0.2) is 248 Å². The lowest BCUT2D eigenvalue weighted by Gasteiger charge is -2.13. The topological polar surface area (TPSA) is 174 Å². The molecule has 0 aromatic heterocycles. The van der Waals surface area contributed by atoms with Crippen LogP contribution in [0.5, 0.6) is 0 Å². The van der Waals surface area contributed by atoms with Crippen molar-refractivity contribution in [2.75, 3.05) is 23.0 Å². The smallest absolute Gasteiger partial charge is 0.199 e. The molecule has 0 aliphatic rings. The van der Waals surface area contributed by atoms with Crippen LogP contribution in [0, 0.1) is 6.92 Å². The molecule has 0 amide bonds. The Morgan fingerprint density at radius 2 is 0.707 bits per heavy atom. The number of hydrogen-bond acceptors (Lipinski definition) is 12. The molecule has 0 saturated heterocycles. The van der Waals surface area contributed by atoms with Gasteiger partial charge in [-0.2, -0.15) is 20.0 Å². The maximum Gasteiger partial charge on any atom is 0.199 e. The van der Waals surface area contributed by atoms with Crippen LogP contribution in [0.3, 0.4) is 0 Å². The first-order valence-electron chi connectivity index (χ1n) is 25.1. The molecule has 0 saturated carbocycles. The van der Waals surface area contributed by atoms with Gasteiger partial charge in [0.15, 0.2) is 30.9 Å². The number of amidine groups is 4. The van der Waals surface area contributed by atoms with E-state index in [0.717, 1.165) is 62.8 Å². The van der Waals surface area contributed by atoms with Crippen molar-refractivity contribution in [1.82, 2.24) is 5.32 Å². The molecule has 0 unspecified atom stereocenters. The maximum atomic E-state index is 6.03. The number of anilines is 3. The zero-order valence-electron chi connectivity index (χ0n) is 44.7. The van der Waals surface area contributed by atoms with Crippen molar-refractivity contribution in [3.63, 3.8) is 0 Å². The molecule has 0 heterocycles. The number of rotatable bonds is 15. The van der Waals surface area contributed by atoms with E-state index < -0.39 is 0 Å². The summed E-state index contributed by atoms with van der Waals surface area (Å²) >= 11 is 26.0. The summed E-state index contributed by atoms with van der Waals surface area (Å²) in [4.78, 5) is 25.7. The first-order valence-corrected chi connectivity index (χ1v) is 30.7. The van der Waals surface area contributed by atoms with Gasteiger partial charge in [0.05, 0.1) is 33.1 Å². The van der Waals surface area contributed by atoms with Crippen LogP contribution in [0.25, 0.3) is 0 Å². The summed E-state index contributed by atoms with van der Waals surface area (Å²) in [6.45, 7) is 2.05. The Kier molecular flexibility index (Phi) is 28.5. The van der Waals surface area contributed by atoms with E-state index in [2.05, 4.69) is 136 Å². The number of aliphatic imine (C=N–C) groups is 6. The molecule has 0 fully saturated rings. The van der Waals surface area contributed by atoms with Crippen LogP contribution in [0.2, 0.25) is 0 Å². The van der Waals surface area contributed by atoms with Crippen molar-refractivity contribution >= 4 is 177 Å². The fourth-order valence-corrected chi connectivity index (χ4v) is 10.3. The third-order valence-corrected chi connectivity index (χ3v) is 15.0. The molecule has 0 bridgehead atoms. The van der Waals surface area contributed by atoms with Crippen LogP contribution in [-0.4, -0.2) is 48.3 Å². The van der Waals surface area contributed by atoms with Gasteiger partial charge >= 0.3 is 0 Å². The van der Waals surface area contributed by atoms with Gasteiger partial charge in [-0.15, -0.1) is 0 Å². The van der Waals surface area contributed by atoms with E-state index in [4.69, 9.17) is 40.9 Å². The van der Waals surface area contributed by atoms with E-state index in [1.807, 2.05) is 146 Å². The molecule has 20 heteroatoms. The summed E-state index contributed by atoms with van der Waals surface area (Å²) in [5.41, 5.74) is 23.9. The Balaban J connectivity index is 0.000000230. The van der Waals surface area contributed by atoms with E-state index >= 15 is 0 Å². The molecule has 8 aromatic carbocycles. The van der Waals surface area contributed by atoms with E-state index in [9.17, 15) is 0 Å². The quantitative estimate of drug-likeness (QED) is 0.0325. The lowest BCUT2D eigenvalue weighted by molar-refractivity contribution is 1.18. The highest BCUT2D eigenvalue weighted by Crippen LogP contribution is 2.25. The Morgan fingerprint density at radius 3 is 1.05 bits per heavy atom. The predicted molar refractivity (Wildman–Crippen MR) is 373 cm³/mol. The number of nitrogens with two attached hydrogens (primary N) is 2. The van der Waals surface area contributed by atoms with Crippen LogP contribution < -0.4 is 32.7 Å². The van der Waals surface area contributed by atoms with E-state index in [1.165, 1.54) is 51.3 Å². The Bertz CT molecular complexity index is 3350. The predicted octanol–water partition coefficient (Wildman–Crippen LogP) is 16.9. The van der Waals surface area contributed by atoms with E-state index in [1.54, 1.807) is 54.8 Å². The summed E-state index contributed by atoms with van der Waals surface area (Å²) in [5.74, 6) is 3.12. The molecule has 414 valence electrons. The molecule has 0 spiro atoms. The van der Waals surface area contributed by atoms with Gasteiger partial charge in [0.25, 0.3) is 0 Å². The molecule has 82 heavy (non-hydrogen) atoms. The minimum atomic E-state index is 0.386. The fourth-order valence-electron chi connectivity index (χ4n) is 6.65. The van der Waals surface area contributed by atoms with Gasteiger partial charge < -0.3 is 32.7 Å².